The summed E-state index contributed by atoms with van der Waals surface area (Å²) in [5.74, 6) is 2.28. The van der Waals surface area contributed by atoms with Crippen LogP contribution in [-0.4, -0.2) is 39.7 Å². The van der Waals surface area contributed by atoms with Gasteiger partial charge in [-0.05, 0) is 51.5 Å². The summed E-state index contributed by atoms with van der Waals surface area (Å²) in [4.78, 5) is 13.5. The molecule has 34 heavy (non-hydrogen) atoms. The number of nitrogens with one attached hydrogen (secondary N) is 1. The molecule has 1 amide bonds. The lowest BCUT2D eigenvalue weighted by Crippen LogP contribution is -2.17. The molecule has 0 saturated carbocycles. The first-order valence-electron chi connectivity index (χ1n) is 11.4. The van der Waals surface area contributed by atoms with Crippen LogP contribution >= 0.6 is 0 Å². The Morgan fingerprint density at radius 3 is 2.29 bits per heavy atom. The van der Waals surface area contributed by atoms with E-state index in [0.717, 1.165) is 22.5 Å². The number of hydrogen-bond donors (Lipinski definition) is 1. The average molecular weight is 484 g/mol. The molecule has 0 fully saturated rings. The van der Waals surface area contributed by atoms with E-state index >= 15 is 0 Å². The Kier molecular flexibility index (Phi) is 7.21. The molecule has 1 aliphatic heterocycles. The Morgan fingerprint density at radius 1 is 1.03 bits per heavy atom. The number of carbonyl (C=O) groups is 1. The number of benzene rings is 2. The van der Waals surface area contributed by atoms with Crippen molar-refractivity contribution >= 4 is 22.5 Å². The van der Waals surface area contributed by atoms with Gasteiger partial charge in [0.25, 0.3) is 5.91 Å². The van der Waals surface area contributed by atoms with Crippen LogP contribution in [-0.2, 0) is 22.3 Å². The molecule has 1 aliphatic rings. The molecular formula is C25H29N3O5S. The zero-order chi connectivity index (χ0) is 24.2. The number of nitrogens with zero attached hydrogens (tertiary/aromatic N) is 2. The van der Waals surface area contributed by atoms with E-state index < -0.39 is 10.8 Å². The van der Waals surface area contributed by atoms with Crippen LogP contribution in [0.15, 0.2) is 36.4 Å². The Bertz CT molecular complexity index is 1210. The molecule has 0 bridgehead atoms. The fourth-order valence-corrected chi connectivity index (χ4v) is 5.20. The predicted octanol–water partition coefficient (Wildman–Crippen LogP) is 4.39. The van der Waals surface area contributed by atoms with E-state index in [9.17, 15) is 9.00 Å². The Hall–Kier alpha value is -3.33. The Labute approximate surface area is 201 Å². The minimum absolute atomic E-state index is 0.347. The van der Waals surface area contributed by atoms with Gasteiger partial charge in [-0.15, -0.1) is 0 Å². The summed E-state index contributed by atoms with van der Waals surface area (Å²) in [5, 5.41) is 7.71. The third kappa shape index (κ3) is 4.65. The van der Waals surface area contributed by atoms with Gasteiger partial charge in [-0.1, -0.05) is 18.2 Å². The lowest BCUT2D eigenvalue weighted by atomic mass is 10.1. The number of carbonyl (C=O) groups excluding carboxylic acids is 1. The largest absolute Gasteiger partial charge is 0.490 e. The van der Waals surface area contributed by atoms with Gasteiger partial charge in [0.05, 0.1) is 42.7 Å². The van der Waals surface area contributed by atoms with Gasteiger partial charge in [-0.2, -0.15) is 5.10 Å². The zero-order valence-electron chi connectivity index (χ0n) is 19.8. The Morgan fingerprint density at radius 2 is 1.68 bits per heavy atom. The number of anilines is 1. The summed E-state index contributed by atoms with van der Waals surface area (Å²) < 4.78 is 31.2. The Balaban J connectivity index is 1.76. The molecule has 1 aromatic heterocycles. The van der Waals surface area contributed by atoms with Crippen molar-refractivity contribution in [2.75, 3.05) is 25.1 Å². The third-order valence-electron chi connectivity index (χ3n) is 5.42. The van der Waals surface area contributed by atoms with Gasteiger partial charge in [0.1, 0.15) is 5.82 Å². The highest BCUT2D eigenvalue weighted by Gasteiger charge is 2.29. The molecule has 4 rings (SSSR count). The van der Waals surface area contributed by atoms with Crippen molar-refractivity contribution in [1.82, 2.24) is 9.78 Å². The molecule has 9 heteroatoms. The molecule has 0 spiro atoms. The van der Waals surface area contributed by atoms with E-state index in [2.05, 4.69) is 5.32 Å². The number of para-hydroxylation sites is 1. The van der Waals surface area contributed by atoms with Gasteiger partial charge in [0.15, 0.2) is 11.5 Å². The maximum atomic E-state index is 13.5. The highest BCUT2D eigenvalue weighted by molar-refractivity contribution is 7.83. The van der Waals surface area contributed by atoms with Crippen molar-refractivity contribution in [2.24, 2.45) is 0 Å². The minimum atomic E-state index is -1.03. The van der Waals surface area contributed by atoms with Crippen molar-refractivity contribution in [3.05, 3.63) is 58.8 Å². The van der Waals surface area contributed by atoms with Gasteiger partial charge < -0.3 is 19.5 Å². The van der Waals surface area contributed by atoms with E-state index in [1.165, 1.54) is 0 Å². The summed E-state index contributed by atoms with van der Waals surface area (Å²) in [6, 6.07) is 11.1. The number of ether oxygens (including phenoxy) is 3. The lowest BCUT2D eigenvalue weighted by molar-refractivity contribution is 0.102. The highest BCUT2D eigenvalue weighted by Crippen LogP contribution is 2.40. The molecule has 180 valence electrons. The van der Waals surface area contributed by atoms with Crippen molar-refractivity contribution < 1.29 is 23.2 Å². The standard InChI is InChI=1S/C25H29N3O5S/c1-5-31-21-12-17(13-22(32-6-2)23(21)33-7-3)25(29)26-24-18-14-34(30)15-19(18)27-28(24)20-11-9-8-10-16(20)4/h8-13H,5-7,14-15H2,1-4H3,(H,26,29)/t34-/m0/s1. The number of rotatable bonds is 9. The molecule has 0 aliphatic carbocycles. The van der Waals surface area contributed by atoms with Crippen LogP contribution in [0, 0.1) is 6.92 Å². The lowest BCUT2D eigenvalue weighted by Gasteiger charge is -2.17. The van der Waals surface area contributed by atoms with Gasteiger partial charge in [0, 0.05) is 21.9 Å². The average Bonchev–Trinajstić information content (AvgIpc) is 3.33. The first kappa shape index (κ1) is 23.8. The number of aromatic nitrogens is 2. The molecule has 0 saturated heterocycles. The maximum absolute atomic E-state index is 13.5. The molecular weight excluding hydrogens is 454 g/mol. The van der Waals surface area contributed by atoms with Crippen molar-refractivity contribution in [1.29, 1.82) is 0 Å². The molecule has 1 N–H and O–H groups in total. The number of amides is 1. The quantitative estimate of drug-likeness (QED) is 0.485. The van der Waals surface area contributed by atoms with Crippen LogP contribution in [0.2, 0.25) is 0 Å². The topological polar surface area (TPSA) is 91.7 Å². The maximum Gasteiger partial charge on any atom is 0.257 e. The minimum Gasteiger partial charge on any atom is -0.490 e. The number of aryl methyl sites for hydroxylation is 1. The normalized spacial score (nSPS) is 14.5. The van der Waals surface area contributed by atoms with E-state index in [0.29, 0.717) is 60.0 Å². The summed E-state index contributed by atoms with van der Waals surface area (Å²) in [7, 11) is -1.03. The van der Waals surface area contributed by atoms with E-state index in [1.807, 2.05) is 52.0 Å². The molecule has 8 nitrogen and oxygen atoms in total. The molecule has 3 aromatic rings. The monoisotopic (exact) mass is 483 g/mol. The van der Waals surface area contributed by atoms with Crippen LogP contribution in [0.1, 0.15) is 48.0 Å². The number of hydrogen-bond acceptors (Lipinski definition) is 6. The van der Waals surface area contributed by atoms with E-state index in [-0.39, 0.29) is 5.91 Å². The molecule has 0 unspecified atom stereocenters. The van der Waals surface area contributed by atoms with Crippen LogP contribution < -0.4 is 19.5 Å². The fraction of sp³-hybridized carbons (Fsp3) is 0.360. The van der Waals surface area contributed by atoms with Crippen molar-refractivity contribution in [3.63, 3.8) is 0 Å². The highest BCUT2D eigenvalue weighted by atomic mass is 32.2. The SMILES string of the molecule is CCOc1cc(C(=O)Nc2c3c(nn2-c2ccccc2C)C[S@@](=O)C3)cc(OCC)c1OCC. The van der Waals surface area contributed by atoms with Crippen LogP contribution in [0.3, 0.4) is 0 Å². The van der Waals surface area contributed by atoms with Crippen molar-refractivity contribution in [3.8, 4) is 22.9 Å². The van der Waals surface area contributed by atoms with Gasteiger partial charge in [-0.3, -0.25) is 9.00 Å². The van der Waals surface area contributed by atoms with Crippen LogP contribution in [0.5, 0.6) is 17.2 Å². The summed E-state index contributed by atoms with van der Waals surface area (Å²) in [6.45, 7) is 8.86. The molecule has 1 atom stereocenters. The third-order valence-corrected chi connectivity index (χ3v) is 6.62. The summed E-state index contributed by atoms with van der Waals surface area (Å²) in [5.41, 5.74) is 3.78. The molecule has 2 heterocycles. The molecule has 0 radical (unpaired) electrons. The number of fused-ring (bicyclic) bond motifs is 1. The summed E-state index contributed by atoms with van der Waals surface area (Å²) in [6.07, 6.45) is 0. The second kappa shape index (κ2) is 10.3. The van der Waals surface area contributed by atoms with Gasteiger partial charge >= 0.3 is 0 Å². The van der Waals surface area contributed by atoms with Gasteiger partial charge in [-0.25, -0.2) is 4.68 Å². The summed E-state index contributed by atoms with van der Waals surface area (Å²) >= 11 is 0. The van der Waals surface area contributed by atoms with Crippen molar-refractivity contribution in [2.45, 2.75) is 39.2 Å². The first-order valence-corrected chi connectivity index (χ1v) is 12.8. The fourth-order valence-electron chi connectivity index (χ4n) is 3.93. The first-order chi connectivity index (χ1) is 16.5. The second-order valence-corrected chi connectivity index (χ2v) is 9.21. The smallest absolute Gasteiger partial charge is 0.257 e. The van der Waals surface area contributed by atoms with Crippen LogP contribution in [0.25, 0.3) is 5.69 Å². The molecule has 2 aromatic carbocycles. The zero-order valence-corrected chi connectivity index (χ0v) is 20.7. The predicted molar refractivity (Wildman–Crippen MR) is 132 cm³/mol. The van der Waals surface area contributed by atoms with E-state index in [1.54, 1.807) is 16.8 Å². The van der Waals surface area contributed by atoms with E-state index in [4.69, 9.17) is 19.3 Å². The van der Waals surface area contributed by atoms with Crippen LogP contribution in [0.4, 0.5) is 5.82 Å². The van der Waals surface area contributed by atoms with Gasteiger partial charge in [0.2, 0.25) is 5.75 Å². The second-order valence-electron chi connectivity index (χ2n) is 7.76.